The number of methoxy groups -OCH3 is 1. The summed E-state index contributed by atoms with van der Waals surface area (Å²) in [6, 6.07) is 11.9. The van der Waals surface area contributed by atoms with Crippen molar-refractivity contribution in [2.45, 2.75) is 39.3 Å². The number of carbonyl (C=O) groups is 1. The van der Waals surface area contributed by atoms with Crippen molar-refractivity contribution in [1.29, 1.82) is 0 Å². The summed E-state index contributed by atoms with van der Waals surface area (Å²) in [5, 5.41) is 3.44. The Hall–Kier alpha value is -2.49. The number of nitrogens with one attached hydrogen (secondary N) is 2. The highest BCUT2D eigenvalue weighted by Crippen LogP contribution is 2.29. The summed E-state index contributed by atoms with van der Waals surface area (Å²) in [6.45, 7) is 6.16. The topological polar surface area (TPSA) is 103 Å². The smallest absolute Gasteiger partial charge is 0.238 e. The Morgan fingerprint density at radius 2 is 1.74 bits per heavy atom. The molecular formula is C24H33ClN2O6S. The van der Waals surface area contributed by atoms with Gasteiger partial charge in [-0.3, -0.25) is 4.79 Å². The van der Waals surface area contributed by atoms with E-state index in [4.69, 9.17) is 25.8 Å². The van der Waals surface area contributed by atoms with E-state index in [1.165, 1.54) is 0 Å². The van der Waals surface area contributed by atoms with Gasteiger partial charge in [0.15, 0.2) is 11.5 Å². The van der Waals surface area contributed by atoms with Crippen LogP contribution < -0.4 is 24.2 Å². The van der Waals surface area contributed by atoms with Crippen molar-refractivity contribution in [2.75, 3.05) is 26.5 Å². The van der Waals surface area contributed by atoms with Gasteiger partial charge in [-0.25, -0.2) is 13.1 Å². The van der Waals surface area contributed by atoms with Gasteiger partial charge in [-0.15, -0.1) is 0 Å². The van der Waals surface area contributed by atoms with Crippen molar-refractivity contribution in [3.63, 3.8) is 0 Å². The first-order valence-electron chi connectivity index (χ1n) is 11.0. The molecule has 0 aliphatic carbocycles. The minimum absolute atomic E-state index is 0.183. The highest BCUT2D eigenvalue weighted by atomic mass is 35.5. The van der Waals surface area contributed by atoms with Crippen LogP contribution in [0.25, 0.3) is 0 Å². The molecule has 0 spiro atoms. The van der Waals surface area contributed by atoms with Gasteiger partial charge in [-0.1, -0.05) is 31.5 Å². The Labute approximate surface area is 207 Å². The first-order valence-corrected chi connectivity index (χ1v) is 13.2. The van der Waals surface area contributed by atoms with Crippen LogP contribution in [0.1, 0.15) is 26.3 Å². The molecule has 2 aromatic rings. The lowest BCUT2D eigenvalue weighted by Gasteiger charge is -2.20. The fraction of sp³-hybridized carbons (Fsp3) is 0.458. The minimum atomic E-state index is -3.49. The summed E-state index contributed by atoms with van der Waals surface area (Å²) in [5.74, 6) is 1.31. The predicted octanol–water partition coefficient (Wildman–Crippen LogP) is 3.43. The molecule has 0 fully saturated rings. The minimum Gasteiger partial charge on any atom is -0.493 e. The maximum absolute atomic E-state index is 12.4. The maximum Gasteiger partial charge on any atom is 0.238 e. The third kappa shape index (κ3) is 9.40. The summed E-state index contributed by atoms with van der Waals surface area (Å²) in [7, 11) is -1.93. The predicted molar refractivity (Wildman–Crippen MR) is 133 cm³/mol. The van der Waals surface area contributed by atoms with Gasteiger partial charge in [0.1, 0.15) is 24.5 Å². The Bertz CT molecular complexity index is 1040. The molecule has 8 nitrogen and oxygen atoms in total. The van der Waals surface area contributed by atoms with Crippen molar-refractivity contribution < 1.29 is 27.4 Å². The van der Waals surface area contributed by atoms with E-state index in [1.807, 2.05) is 25.1 Å². The van der Waals surface area contributed by atoms with Gasteiger partial charge < -0.3 is 19.5 Å². The van der Waals surface area contributed by atoms with E-state index in [0.29, 0.717) is 41.8 Å². The first-order chi connectivity index (χ1) is 16.0. The second-order valence-corrected chi connectivity index (χ2v) is 10.5. The van der Waals surface area contributed by atoms with Gasteiger partial charge in [-0.05, 0) is 61.2 Å². The Kier molecular flexibility index (Phi) is 10.5. The molecule has 2 N–H and O–H groups in total. The molecule has 0 aliphatic rings. The Balaban J connectivity index is 1.90. The normalized spacial score (nSPS) is 13.3. The van der Waals surface area contributed by atoms with Gasteiger partial charge in [0.25, 0.3) is 0 Å². The summed E-state index contributed by atoms with van der Waals surface area (Å²) in [5.41, 5.74) is 0.937. The zero-order valence-electron chi connectivity index (χ0n) is 20.1. The molecule has 0 aliphatic heterocycles. The van der Waals surface area contributed by atoms with Crippen LogP contribution in [0.3, 0.4) is 0 Å². The number of sulfonamides is 1. The molecule has 0 bridgehead atoms. The molecule has 0 heterocycles. The van der Waals surface area contributed by atoms with Crippen molar-refractivity contribution >= 4 is 27.5 Å². The van der Waals surface area contributed by atoms with Crippen LogP contribution in [0.2, 0.25) is 5.02 Å². The fourth-order valence-electron chi connectivity index (χ4n) is 3.12. The lowest BCUT2D eigenvalue weighted by molar-refractivity contribution is -0.123. The van der Waals surface area contributed by atoms with Crippen LogP contribution in [0.15, 0.2) is 42.5 Å². The highest BCUT2D eigenvalue weighted by Gasteiger charge is 2.25. The van der Waals surface area contributed by atoms with E-state index in [-0.39, 0.29) is 17.9 Å². The number of benzene rings is 2. The summed E-state index contributed by atoms with van der Waals surface area (Å²) in [6.07, 6.45) is 1.35. The van der Waals surface area contributed by atoms with Gasteiger partial charge >= 0.3 is 0 Å². The van der Waals surface area contributed by atoms with Gasteiger partial charge in [0.2, 0.25) is 15.9 Å². The van der Waals surface area contributed by atoms with Gasteiger partial charge in [-0.2, -0.15) is 0 Å². The number of halogens is 1. The molecule has 0 radical (unpaired) electrons. The Morgan fingerprint density at radius 1 is 1.06 bits per heavy atom. The van der Waals surface area contributed by atoms with E-state index >= 15 is 0 Å². The molecule has 34 heavy (non-hydrogen) atoms. The van der Waals surface area contributed by atoms with Crippen molar-refractivity contribution in [2.24, 2.45) is 5.92 Å². The maximum atomic E-state index is 12.4. The first kappa shape index (κ1) is 27.8. The fourth-order valence-corrected chi connectivity index (χ4v) is 4.09. The second-order valence-electron chi connectivity index (χ2n) is 8.33. The highest BCUT2D eigenvalue weighted by molar-refractivity contribution is 7.88. The molecule has 2 atom stereocenters. The largest absolute Gasteiger partial charge is 0.493 e. The lowest BCUT2D eigenvalue weighted by Crippen LogP contribution is -2.49. The SMILES string of the molecule is COc1cc(CCNC(=O)C(NS(C)(=O)=O)C(C)C)ccc1O[C@@H](C)COc1ccc(Cl)cc1. The number of hydrogen-bond donors (Lipinski definition) is 2. The van der Waals surface area contributed by atoms with E-state index in [1.54, 1.807) is 45.2 Å². The second kappa shape index (κ2) is 12.8. The van der Waals surface area contributed by atoms with Crippen molar-refractivity contribution in [1.82, 2.24) is 10.0 Å². The third-order valence-corrected chi connectivity index (χ3v) is 5.79. The molecule has 1 unspecified atom stereocenters. The monoisotopic (exact) mass is 512 g/mol. The standard InChI is InChI=1S/C24H33ClN2O6S/c1-16(2)23(27-34(5,29)30)24(28)26-13-12-18-6-11-21(22(14-18)31-4)33-17(3)15-32-20-9-7-19(25)8-10-20/h6-11,14,16-17,23,27H,12-13,15H2,1-5H3,(H,26,28)/t17-,23?/m0/s1. The number of carbonyl (C=O) groups excluding carboxylic acids is 1. The van der Waals surface area contributed by atoms with Gasteiger partial charge in [0.05, 0.1) is 13.4 Å². The molecule has 1 amide bonds. The summed E-state index contributed by atoms with van der Waals surface area (Å²) >= 11 is 5.88. The molecule has 0 saturated carbocycles. The summed E-state index contributed by atoms with van der Waals surface area (Å²) < 4.78 is 42.6. The lowest BCUT2D eigenvalue weighted by atomic mass is 10.0. The number of rotatable bonds is 13. The molecule has 2 aromatic carbocycles. The number of ether oxygens (including phenoxy) is 3. The van der Waals surface area contributed by atoms with Crippen LogP contribution in [0, 0.1) is 5.92 Å². The summed E-state index contributed by atoms with van der Waals surface area (Å²) in [4.78, 5) is 12.4. The van der Waals surface area contributed by atoms with Crippen LogP contribution in [0.4, 0.5) is 0 Å². The van der Waals surface area contributed by atoms with Gasteiger partial charge in [0, 0.05) is 11.6 Å². The molecule has 0 saturated heterocycles. The zero-order valence-corrected chi connectivity index (χ0v) is 21.7. The van der Waals surface area contributed by atoms with Crippen LogP contribution >= 0.6 is 11.6 Å². The molecule has 188 valence electrons. The van der Waals surface area contributed by atoms with Crippen molar-refractivity contribution in [3.05, 3.63) is 53.1 Å². The number of amides is 1. The number of hydrogen-bond acceptors (Lipinski definition) is 6. The van der Waals surface area contributed by atoms with E-state index in [2.05, 4.69) is 10.0 Å². The quantitative estimate of drug-likeness (QED) is 0.426. The van der Waals surface area contributed by atoms with E-state index in [0.717, 1.165) is 11.8 Å². The molecule has 10 heteroatoms. The van der Waals surface area contributed by atoms with E-state index < -0.39 is 16.1 Å². The van der Waals surface area contributed by atoms with Crippen molar-refractivity contribution in [3.8, 4) is 17.2 Å². The Morgan fingerprint density at radius 3 is 2.32 bits per heavy atom. The average Bonchev–Trinajstić information content (AvgIpc) is 2.77. The molecule has 0 aromatic heterocycles. The van der Waals surface area contributed by atoms with E-state index in [9.17, 15) is 13.2 Å². The molecule has 2 rings (SSSR count). The van der Waals surface area contributed by atoms with Crippen LogP contribution in [-0.2, 0) is 21.2 Å². The molecular weight excluding hydrogens is 480 g/mol. The third-order valence-electron chi connectivity index (χ3n) is 4.86. The van der Waals surface area contributed by atoms with Crippen LogP contribution in [0.5, 0.6) is 17.2 Å². The average molecular weight is 513 g/mol. The zero-order chi connectivity index (χ0) is 25.3. The van der Waals surface area contributed by atoms with Crippen LogP contribution in [-0.4, -0.2) is 53.0 Å².